The van der Waals surface area contributed by atoms with Gasteiger partial charge in [0, 0.05) is 32.1 Å². The molecule has 8 heteroatoms. The lowest BCUT2D eigenvalue weighted by atomic mass is 10.1. The zero-order valence-electron chi connectivity index (χ0n) is 16.7. The number of nitrogens with one attached hydrogen (secondary N) is 1. The van der Waals surface area contributed by atoms with Crippen molar-refractivity contribution < 1.29 is 14.3 Å². The van der Waals surface area contributed by atoms with Crippen molar-refractivity contribution in [1.82, 2.24) is 4.90 Å². The number of hydrogen-bond donors (Lipinski definition) is 2. The molecular formula is C21H27IN4O3. The molecule has 0 spiro atoms. The van der Waals surface area contributed by atoms with Crippen molar-refractivity contribution in [1.29, 1.82) is 0 Å². The molecule has 1 aliphatic heterocycles. The second-order valence-corrected chi connectivity index (χ2v) is 6.58. The molecule has 1 heterocycles. The van der Waals surface area contributed by atoms with E-state index in [9.17, 15) is 4.79 Å². The highest BCUT2D eigenvalue weighted by Crippen LogP contribution is 2.28. The first kappa shape index (κ1) is 22.8. The summed E-state index contributed by atoms with van der Waals surface area (Å²) in [6.07, 6.45) is 1.09. The van der Waals surface area contributed by atoms with E-state index in [-0.39, 0.29) is 35.8 Å². The van der Waals surface area contributed by atoms with E-state index in [1.165, 1.54) is 11.1 Å². The molecule has 7 nitrogen and oxygen atoms in total. The number of halogens is 1. The van der Waals surface area contributed by atoms with Gasteiger partial charge in [-0.2, -0.15) is 0 Å². The number of methoxy groups -OCH3 is 2. The molecule has 0 radical (unpaired) electrons. The van der Waals surface area contributed by atoms with Gasteiger partial charge >= 0.3 is 0 Å². The molecule has 1 aliphatic rings. The molecule has 3 rings (SSSR count). The summed E-state index contributed by atoms with van der Waals surface area (Å²) in [4.78, 5) is 18.6. The average molecular weight is 510 g/mol. The summed E-state index contributed by atoms with van der Waals surface area (Å²) in [6.45, 7) is 1.85. The Kier molecular flexibility index (Phi) is 8.56. The molecule has 29 heavy (non-hydrogen) atoms. The van der Waals surface area contributed by atoms with E-state index in [0.717, 1.165) is 0 Å². The number of carbonyl (C=O) groups excluding carboxylic acids is 1. The van der Waals surface area contributed by atoms with Crippen LogP contribution in [-0.2, 0) is 17.9 Å². The molecular weight excluding hydrogens is 483 g/mol. The van der Waals surface area contributed by atoms with Crippen molar-refractivity contribution in [2.45, 2.75) is 25.9 Å². The molecule has 0 aliphatic carbocycles. The standard InChI is InChI=1S/C21H26N4O3.HI/c1-27-17-9-10-19(28-2)18(12-17)24-21(22)23-11-5-8-20(26)25-13-15-6-3-4-7-16(15)14-25;/h3-4,6-7,9-10,12H,5,8,11,13-14H2,1-2H3,(H3,22,23,24);1H. The summed E-state index contributed by atoms with van der Waals surface area (Å²) in [5.41, 5.74) is 9.10. The van der Waals surface area contributed by atoms with Crippen molar-refractivity contribution >= 4 is 41.5 Å². The molecule has 1 amide bonds. The zero-order valence-corrected chi connectivity index (χ0v) is 19.0. The van der Waals surface area contributed by atoms with E-state index in [1.54, 1.807) is 32.4 Å². The first-order valence-electron chi connectivity index (χ1n) is 9.24. The van der Waals surface area contributed by atoms with Crippen LogP contribution in [0.1, 0.15) is 24.0 Å². The number of benzene rings is 2. The number of anilines is 1. The quantitative estimate of drug-likeness (QED) is 0.258. The van der Waals surface area contributed by atoms with Crippen molar-refractivity contribution in [3.63, 3.8) is 0 Å². The highest BCUT2D eigenvalue weighted by molar-refractivity contribution is 14.0. The predicted molar refractivity (Wildman–Crippen MR) is 125 cm³/mol. The summed E-state index contributed by atoms with van der Waals surface area (Å²) in [7, 11) is 3.18. The smallest absolute Gasteiger partial charge is 0.223 e. The van der Waals surface area contributed by atoms with Crippen LogP contribution in [0.25, 0.3) is 0 Å². The lowest BCUT2D eigenvalue weighted by molar-refractivity contribution is -0.131. The van der Waals surface area contributed by atoms with Crippen LogP contribution in [0.4, 0.5) is 5.69 Å². The van der Waals surface area contributed by atoms with Gasteiger partial charge in [-0.15, -0.1) is 24.0 Å². The fourth-order valence-electron chi connectivity index (χ4n) is 3.19. The van der Waals surface area contributed by atoms with Crippen LogP contribution in [0.5, 0.6) is 11.5 Å². The summed E-state index contributed by atoms with van der Waals surface area (Å²) >= 11 is 0. The van der Waals surface area contributed by atoms with E-state index >= 15 is 0 Å². The Morgan fingerprint density at radius 2 is 1.83 bits per heavy atom. The topological polar surface area (TPSA) is 89.2 Å². The first-order chi connectivity index (χ1) is 13.6. The van der Waals surface area contributed by atoms with Crippen LogP contribution >= 0.6 is 24.0 Å². The fraction of sp³-hybridized carbons (Fsp3) is 0.333. The van der Waals surface area contributed by atoms with Crippen LogP contribution in [0.15, 0.2) is 47.5 Å². The predicted octanol–water partition coefficient (Wildman–Crippen LogP) is 3.37. The average Bonchev–Trinajstić information content (AvgIpc) is 3.15. The van der Waals surface area contributed by atoms with E-state index in [1.807, 2.05) is 17.0 Å². The fourth-order valence-corrected chi connectivity index (χ4v) is 3.19. The van der Waals surface area contributed by atoms with E-state index in [0.29, 0.717) is 49.7 Å². The first-order valence-corrected chi connectivity index (χ1v) is 9.24. The molecule has 0 bridgehead atoms. The number of carbonyl (C=O) groups is 1. The third-order valence-corrected chi connectivity index (χ3v) is 4.69. The minimum absolute atomic E-state index is 0. The Balaban J connectivity index is 0.00000300. The summed E-state index contributed by atoms with van der Waals surface area (Å²) in [5, 5.41) is 3.02. The molecule has 0 saturated heterocycles. The van der Waals surface area contributed by atoms with E-state index in [2.05, 4.69) is 22.4 Å². The number of guanidine groups is 1. The van der Waals surface area contributed by atoms with E-state index in [4.69, 9.17) is 15.2 Å². The van der Waals surface area contributed by atoms with Gasteiger partial charge in [-0.3, -0.25) is 9.79 Å². The van der Waals surface area contributed by atoms with Gasteiger partial charge in [0.05, 0.1) is 19.9 Å². The Hall–Kier alpha value is -2.49. The van der Waals surface area contributed by atoms with Crippen LogP contribution in [-0.4, -0.2) is 37.5 Å². The third-order valence-electron chi connectivity index (χ3n) is 4.69. The van der Waals surface area contributed by atoms with Gasteiger partial charge in [-0.25, -0.2) is 0 Å². The van der Waals surface area contributed by atoms with Crippen molar-refractivity contribution in [2.75, 3.05) is 26.1 Å². The molecule has 0 saturated carbocycles. The van der Waals surface area contributed by atoms with E-state index < -0.39 is 0 Å². The number of ether oxygens (including phenoxy) is 2. The largest absolute Gasteiger partial charge is 0.497 e. The molecule has 2 aromatic rings. The Bertz CT molecular complexity index is 848. The molecule has 0 atom stereocenters. The van der Waals surface area contributed by atoms with Gasteiger partial charge in [0.1, 0.15) is 11.5 Å². The van der Waals surface area contributed by atoms with Crippen LogP contribution in [0.2, 0.25) is 0 Å². The summed E-state index contributed by atoms with van der Waals surface area (Å²) in [6, 6.07) is 13.6. The number of aliphatic imine (C=N–C) groups is 1. The van der Waals surface area contributed by atoms with Gasteiger partial charge in [0.25, 0.3) is 0 Å². The Labute approximate surface area is 188 Å². The summed E-state index contributed by atoms with van der Waals surface area (Å²) in [5.74, 6) is 1.75. The van der Waals surface area contributed by atoms with Crippen molar-refractivity contribution in [2.24, 2.45) is 10.7 Å². The Morgan fingerprint density at radius 3 is 2.45 bits per heavy atom. The van der Waals surface area contributed by atoms with Crippen molar-refractivity contribution in [3.05, 3.63) is 53.6 Å². The molecule has 3 N–H and O–H groups in total. The molecule has 0 fully saturated rings. The van der Waals surface area contributed by atoms with Crippen molar-refractivity contribution in [3.8, 4) is 11.5 Å². The Morgan fingerprint density at radius 1 is 1.14 bits per heavy atom. The maximum Gasteiger partial charge on any atom is 0.223 e. The second-order valence-electron chi connectivity index (χ2n) is 6.58. The second kappa shape index (κ2) is 10.9. The summed E-state index contributed by atoms with van der Waals surface area (Å²) < 4.78 is 10.5. The number of rotatable bonds is 7. The number of hydrogen-bond acceptors (Lipinski definition) is 4. The van der Waals surface area contributed by atoms with Gasteiger partial charge in [-0.05, 0) is 29.7 Å². The van der Waals surface area contributed by atoms with Gasteiger partial charge < -0.3 is 25.4 Å². The molecule has 156 valence electrons. The normalized spacial score (nSPS) is 12.8. The van der Waals surface area contributed by atoms with Gasteiger partial charge in [-0.1, -0.05) is 24.3 Å². The maximum absolute atomic E-state index is 12.4. The molecule has 2 aromatic carbocycles. The number of fused-ring (bicyclic) bond motifs is 1. The third kappa shape index (κ3) is 5.99. The highest BCUT2D eigenvalue weighted by Gasteiger charge is 2.22. The van der Waals surface area contributed by atoms with Gasteiger partial charge in [0.15, 0.2) is 5.96 Å². The minimum Gasteiger partial charge on any atom is -0.497 e. The minimum atomic E-state index is 0. The number of nitrogens with zero attached hydrogens (tertiary/aromatic N) is 2. The van der Waals surface area contributed by atoms with Crippen LogP contribution in [0.3, 0.4) is 0 Å². The van der Waals surface area contributed by atoms with Crippen LogP contribution in [0, 0.1) is 0 Å². The number of amides is 1. The lowest BCUT2D eigenvalue weighted by Gasteiger charge is -2.15. The highest BCUT2D eigenvalue weighted by atomic mass is 127. The zero-order chi connectivity index (χ0) is 19.9. The molecule has 0 unspecified atom stereocenters. The van der Waals surface area contributed by atoms with Crippen LogP contribution < -0.4 is 20.5 Å². The van der Waals surface area contributed by atoms with Gasteiger partial charge in [0.2, 0.25) is 5.91 Å². The molecule has 0 aromatic heterocycles. The maximum atomic E-state index is 12.4. The lowest BCUT2D eigenvalue weighted by Crippen LogP contribution is -2.25. The SMILES string of the molecule is COc1ccc(OC)c(NC(N)=NCCCC(=O)N2Cc3ccccc3C2)c1.I. The number of nitrogens with two attached hydrogens (primary N) is 1. The monoisotopic (exact) mass is 510 g/mol.